The van der Waals surface area contributed by atoms with E-state index < -0.39 is 23.4 Å². The number of carbonyl (C=O) groups is 1. The maximum Gasteiger partial charge on any atom is 0.319 e. The van der Waals surface area contributed by atoms with Crippen molar-refractivity contribution in [2.75, 3.05) is 31.5 Å². The number of pyridine rings is 1. The number of hydrogen-bond donors (Lipinski definition) is 3. The van der Waals surface area contributed by atoms with Crippen molar-refractivity contribution in [3.8, 4) is 0 Å². The molecular weight excluding hydrogens is 464 g/mol. The smallest absolute Gasteiger partial charge is 0.319 e. The summed E-state index contributed by atoms with van der Waals surface area (Å²) in [5.74, 6) is 0. The zero-order valence-corrected chi connectivity index (χ0v) is 20.2. The third-order valence-electron chi connectivity index (χ3n) is 5.70. The molecule has 0 unspecified atom stereocenters. The fourth-order valence-corrected chi connectivity index (χ4v) is 5.88. The van der Waals surface area contributed by atoms with Gasteiger partial charge in [-0.3, -0.25) is 4.98 Å². The molecule has 2 heterocycles. The van der Waals surface area contributed by atoms with Crippen LogP contribution in [-0.4, -0.2) is 56.6 Å². The first-order valence-electron chi connectivity index (χ1n) is 11.2. The summed E-state index contributed by atoms with van der Waals surface area (Å²) in [6, 6.07) is 7.13. The molecule has 1 fully saturated rings. The Kier molecular flexibility index (Phi) is 8.92. The van der Waals surface area contributed by atoms with Gasteiger partial charge in [0.2, 0.25) is 10.0 Å². The molecule has 0 bridgehead atoms. The van der Waals surface area contributed by atoms with Crippen LogP contribution in [0.3, 0.4) is 0 Å². The zero-order valence-electron chi connectivity index (χ0n) is 19.4. The van der Waals surface area contributed by atoms with Gasteiger partial charge in [-0.25, -0.2) is 26.7 Å². The number of carbonyl (C=O) groups excluding carboxylic acids is 1. The number of aryl methyl sites for hydroxylation is 2. The summed E-state index contributed by atoms with van der Waals surface area (Å²) in [6.07, 6.45) is 1.12. The van der Waals surface area contributed by atoms with E-state index in [1.807, 2.05) is 13.8 Å². The van der Waals surface area contributed by atoms with Crippen LogP contribution in [0.5, 0.6) is 0 Å². The van der Waals surface area contributed by atoms with Crippen molar-refractivity contribution in [1.82, 2.24) is 19.9 Å². The third-order valence-corrected chi connectivity index (χ3v) is 7.40. The minimum atomic E-state index is -4.05. The summed E-state index contributed by atoms with van der Waals surface area (Å²) >= 11 is 0. The molecule has 11 heteroatoms. The van der Waals surface area contributed by atoms with Crippen molar-refractivity contribution in [2.24, 2.45) is 0 Å². The van der Waals surface area contributed by atoms with Gasteiger partial charge in [0, 0.05) is 47.3 Å². The van der Waals surface area contributed by atoms with Crippen LogP contribution in [0.15, 0.2) is 35.2 Å². The number of likely N-dealkylation sites (tertiary alicyclic amines) is 1. The fourth-order valence-electron chi connectivity index (χ4n) is 4.16. The van der Waals surface area contributed by atoms with Crippen LogP contribution in [0, 0.1) is 13.8 Å². The molecule has 1 saturated heterocycles. The van der Waals surface area contributed by atoms with Gasteiger partial charge in [-0.15, -0.1) is 0 Å². The van der Waals surface area contributed by atoms with Gasteiger partial charge in [-0.1, -0.05) is 18.2 Å². The first-order valence-corrected chi connectivity index (χ1v) is 12.7. The standard InChI is InChI=1S/C23H31F2N5O3S/c1-16-12-21(13-17(2)27-16)28-23(31)26-8-11-30-9-6-20(7-10-30)29-34(32,33)22-18(14-24)4-3-5-19(22)15-25/h3-5,12-13,20,29H,6-11,14-15H2,1-2H3,(H2,26,27,28,31). The number of piperidine rings is 1. The number of halogens is 2. The van der Waals surface area contributed by atoms with Crippen LogP contribution in [0.2, 0.25) is 0 Å². The molecule has 2 aromatic rings. The first kappa shape index (κ1) is 26.0. The predicted octanol–water partition coefficient (Wildman–Crippen LogP) is 3.20. The quantitative estimate of drug-likeness (QED) is 0.496. The van der Waals surface area contributed by atoms with E-state index in [4.69, 9.17) is 0 Å². The van der Waals surface area contributed by atoms with E-state index in [-0.39, 0.29) is 28.1 Å². The molecule has 0 atom stereocenters. The van der Waals surface area contributed by atoms with Crippen molar-refractivity contribution < 1.29 is 22.0 Å². The number of aromatic nitrogens is 1. The number of sulfonamides is 1. The Morgan fingerprint density at radius 2 is 1.68 bits per heavy atom. The predicted molar refractivity (Wildman–Crippen MR) is 127 cm³/mol. The lowest BCUT2D eigenvalue weighted by atomic mass is 10.1. The second kappa shape index (κ2) is 11.7. The van der Waals surface area contributed by atoms with E-state index in [1.54, 1.807) is 12.1 Å². The lowest BCUT2D eigenvalue weighted by Crippen LogP contribution is -2.46. The van der Waals surface area contributed by atoms with Gasteiger partial charge in [0.15, 0.2) is 0 Å². The van der Waals surface area contributed by atoms with Crippen LogP contribution >= 0.6 is 0 Å². The molecule has 1 aromatic heterocycles. The Bertz CT molecular complexity index is 1060. The molecule has 34 heavy (non-hydrogen) atoms. The van der Waals surface area contributed by atoms with E-state index in [9.17, 15) is 22.0 Å². The normalized spacial score (nSPS) is 15.3. The highest BCUT2D eigenvalue weighted by molar-refractivity contribution is 7.89. The number of anilines is 1. The molecule has 1 aliphatic rings. The Morgan fingerprint density at radius 1 is 1.09 bits per heavy atom. The van der Waals surface area contributed by atoms with E-state index in [1.165, 1.54) is 18.2 Å². The van der Waals surface area contributed by atoms with Gasteiger partial charge in [-0.2, -0.15) is 0 Å². The highest BCUT2D eigenvalue weighted by Crippen LogP contribution is 2.24. The maximum atomic E-state index is 13.3. The van der Waals surface area contributed by atoms with Crippen LogP contribution in [0.1, 0.15) is 35.4 Å². The van der Waals surface area contributed by atoms with Crippen molar-refractivity contribution in [1.29, 1.82) is 0 Å². The van der Waals surface area contributed by atoms with Gasteiger partial charge in [0.25, 0.3) is 0 Å². The van der Waals surface area contributed by atoms with E-state index in [0.29, 0.717) is 44.7 Å². The Balaban J connectivity index is 1.45. The summed E-state index contributed by atoms with van der Waals surface area (Å²) in [6.45, 7) is 4.10. The number of amides is 2. The fraction of sp³-hybridized carbons (Fsp3) is 0.478. The number of urea groups is 1. The molecule has 2 amide bonds. The highest BCUT2D eigenvalue weighted by atomic mass is 32.2. The number of alkyl halides is 2. The topological polar surface area (TPSA) is 103 Å². The molecule has 0 spiro atoms. The Morgan fingerprint density at radius 3 is 2.24 bits per heavy atom. The SMILES string of the molecule is Cc1cc(NC(=O)NCCN2CCC(NS(=O)(=O)c3c(CF)cccc3CF)CC2)cc(C)n1. The molecule has 186 valence electrons. The van der Waals surface area contributed by atoms with E-state index >= 15 is 0 Å². The maximum absolute atomic E-state index is 13.3. The lowest BCUT2D eigenvalue weighted by Gasteiger charge is -2.32. The molecule has 1 aromatic carbocycles. The number of benzene rings is 1. The number of hydrogen-bond acceptors (Lipinski definition) is 5. The third kappa shape index (κ3) is 6.94. The van der Waals surface area contributed by atoms with Crippen LogP contribution in [-0.2, 0) is 23.4 Å². The average molecular weight is 496 g/mol. The van der Waals surface area contributed by atoms with Gasteiger partial charge < -0.3 is 15.5 Å². The van der Waals surface area contributed by atoms with Crippen LogP contribution in [0.25, 0.3) is 0 Å². The van der Waals surface area contributed by atoms with Gasteiger partial charge >= 0.3 is 6.03 Å². The van der Waals surface area contributed by atoms with E-state index in [2.05, 4.69) is 25.2 Å². The second-order valence-electron chi connectivity index (χ2n) is 8.43. The molecule has 3 rings (SSSR count). The summed E-state index contributed by atoms with van der Waals surface area (Å²) in [4.78, 5) is 18.2. The van der Waals surface area contributed by atoms with Crippen molar-refractivity contribution in [2.45, 2.75) is 51.0 Å². The Hall–Kier alpha value is -2.63. The molecule has 0 saturated carbocycles. The molecule has 0 radical (unpaired) electrons. The number of nitrogens with zero attached hydrogens (tertiary/aromatic N) is 2. The van der Waals surface area contributed by atoms with Gasteiger partial charge in [-0.05, 0) is 51.9 Å². The van der Waals surface area contributed by atoms with Crippen molar-refractivity contribution in [3.63, 3.8) is 0 Å². The summed E-state index contributed by atoms with van der Waals surface area (Å²) < 4.78 is 55.0. The summed E-state index contributed by atoms with van der Waals surface area (Å²) in [5, 5.41) is 5.61. The molecular formula is C23H31F2N5O3S. The molecule has 3 N–H and O–H groups in total. The van der Waals surface area contributed by atoms with Gasteiger partial charge in [0.1, 0.15) is 13.3 Å². The summed E-state index contributed by atoms with van der Waals surface area (Å²) in [5.41, 5.74) is 2.25. The first-order chi connectivity index (χ1) is 16.2. The van der Waals surface area contributed by atoms with Crippen LogP contribution < -0.4 is 15.4 Å². The summed E-state index contributed by atoms with van der Waals surface area (Å²) in [7, 11) is -4.05. The monoisotopic (exact) mass is 495 g/mol. The van der Waals surface area contributed by atoms with Crippen molar-refractivity contribution in [3.05, 3.63) is 52.8 Å². The second-order valence-corrected chi connectivity index (χ2v) is 10.1. The molecule has 8 nitrogen and oxygen atoms in total. The minimum absolute atomic E-state index is 0.0403. The lowest BCUT2D eigenvalue weighted by molar-refractivity contribution is 0.206. The van der Waals surface area contributed by atoms with Gasteiger partial charge in [0.05, 0.1) is 4.90 Å². The van der Waals surface area contributed by atoms with Crippen LogP contribution in [0.4, 0.5) is 19.3 Å². The highest BCUT2D eigenvalue weighted by Gasteiger charge is 2.28. The zero-order chi connectivity index (χ0) is 24.7. The molecule has 0 aliphatic carbocycles. The minimum Gasteiger partial charge on any atom is -0.337 e. The largest absolute Gasteiger partial charge is 0.337 e. The average Bonchev–Trinajstić information content (AvgIpc) is 2.78. The number of nitrogens with one attached hydrogen (secondary N) is 3. The van der Waals surface area contributed by atoms with Crippen molar-refractivity contribution >= 4 is 21.7 Å². The molecule has 1 aliphatic heterocycles. The Labute approximate surface area is 199 Å². The van der Waals surface area contributed by atoms with E-state index in [0.717, 1.165) is 11.4 Å². The number of rotatable bonds is 9.